The molecule has 27 heavy (non-hydrogen) atoms. The number of rotatable bonds is 5. The molecule has 0 bridgehead atoms. The van der Waals surface area contributed by atoms with Gasteiger partial charge in [-0.05, 0) is 43.2 Å². The molecular weight excluding hydrogens is 433 g/mol. The summed E-state index contributed by atoms with van der Waals surface area (Å²) in [6.07, 6.45) is 1.61. The quantitative estimate of drug-likeness (QED) is 0.617. The Balaban J connectivity index is 1.82. The Morgan fingerprint density at radius 1 is 1.00 bits per heavy atom. The summed E-state index contributed by atoms with van der Waals surface area (Å²) in [5.41, 5.74) is 0.563. The lowest BCUT2D eigenvalue weighted by atomic mass is 10.2. The van der Waals surface area contributed by atoms with Crippen molar-refractivity contribution in [2.45, 2.75) is 24.3 Å². The molecule has 1 heterocycles. The monoisotopic (exact) mass is 447 g/mol. The Kier molecular flexibility index (Phi) is 6.33. The summed E-state index contributed by atoms with van der Waals surface area (Å²) in [5.74, 6) is -0.694. The summed E-state index contributed by atoms with van der Waals surface area (Å²) in [6, 6.07) is 9.00. The van der Waals surface area contributed by atoms with Gasteiger partial charge in [0.2, 0.25) is 10.0 Å². The van der Waals surface area contributed by atoms with Crippen molar-refractivity contribution in [1.82, 2.24) is 4.31 Å². The number of hydrogen-bond acceptors (Lipinski definition) is 4. The molecule has 3 rings (SSSR count). The zero-order valence-corrected chi connectivity index (χ0v) is 17.2. The number of carbonyl (C=O) groups excluding carboxylic acids is 1. The Morgan fingerprint density at radius 2 is 1.63 bits per heavy atom. The Morgan fingerprint density at radius 3 is 2.26 bits per heavy atom. The van der Waals surface area contributed by atoms with Gasteiger partial charge in [-0.15, -0.1) is 0 Å². The van der Waals surface area contributed by atoms with Crippen LogP contribution in [0.3, 0.4) is 0 Å². The molecule has 1 saturated heterocycles. The first-order chi connectivity index (χ1) is 12.8. The maximum atomic E-state index is 12.8. The van der Waals surface area contributed by atoms with Crippen LogP contribution in [0.5, 0.6) is 0 Å². The van der Waals surface area contributed by atoms with Crippen molar-refractivity contribution in [3.05, 3.63) is 62.6 Å². The van der Waals surface area contributed by atoms with Crippen LogP contribution in [-0.4, -0.2) is 31.8 Å². The summed E-state index contributed by atoms with van der Waals surface area (Å²) in [6.45, 7) is 0.755. The van der Waals surface area contributed by atoms with E-state index in [9.17, 15) is 13.2 Å². The van der Waals surface area contributed by atoms with Gasteiger partial charge in [0.1, 0.15) is 11.5 Å². The summed E-state index contributed by atoms with van der Waals surface area (Å²) in [4.78, 5) is 12.3. The van der Waals surface area contributed by atoms with E-state index in [0.717, 1.165) is 12.8 Å². The minimum Gasteiger partial charge on any atom is -0.457 e. The Labute approximate surface area is 172 Å². The van der Waals surface area contributed by atoms with E-state index in [1.54, 1.807) is 18.2 Å². The molecule has 9 heteroatoms. The lowest BCUT2D eigenvalue weighted by molar-refractivity contribution is 0.0472. The predicted octanol–water partition coefficient (Wildman–Crippen LogP) is 4.79. The van der Waals surface area contributed by atoms with Crippen LogP contribution in [0.25, 0.3) is 0 Å². The molecule has 0 aromatic heterocycles. The second-order valence-corrected chi connectivity index (χ2v) is 9.16. The maximum Gasteiger partial charge on any atom is 0.338 e. The van der Waals surface area contributed by atoms with E-state index in [4.69, 9.17) is 39.5 Å². The molecule has 144 valence electrons. The van der Waals surface area contributed by atoms with E-state index < -0.39 is 16.0 Å². The lowest BCUT2D eigenvalue weighted by Gasteiger charge is -2.17. The highest BCUT2D eigenvalue weighted by atomic mass is 35.5. The molecule has 0 saturated carbocycles. The predicted molar refractivity (Wildman–Crippen MR) is 105 cm³/mol. The first-order valence-corrected chi connectivity index (χ1v) is 10.8. The number of hydrogen-bond donors (Lipinski definition) is 0. The summed E-state index contributed by atoms with van der Waals surface area (Å²) in [7, 11) is -3.75. The van der Waals surface area contributed by atoms with Crippen molar-refractivity contribution < 1.29 is 17.9 Å². The fraction of sp³-hybridized carbons (Fsp3) is 0.278. The fourth-order valence-electron chi connectivity index (χ4n) is 2.79. The van der Waals surface area contributed by atoms with Crippen LogP contribution in [0.15, 0.2) is 41.3 Å². The number of halogens is 3. The molecule has 1 aliphatic rings. The van der Waals surface area contributed by atoms with E-state index in [-0.39, 0.29) is 22.1 Å². The first-order valence-electron chi connectivity index (χ1n) is 8.20. The van der Waals surface area contributed by atoms with E-state index >= 15 is 0 Å². The van der Waals surface area contributed by atoms with Gasteiger partial charge in [0.05, 0.1) is 10.6 Å². The van der Waals surface area contributed by atoms with E-state index in [0.29, 0.717) is 28.7 Å². The van der Waals surface area contributed by atoms with Gasteiger partial charge in [-0.1, -0.05) is 40.9 Å². The molecule has 5 nitrogen and oxygen atoms in total. The number of ether oxygens (including phenoxy) is 1. The van der Waals surface area contributed by atoms with Crippen LogP contribution in [-0.2, 0) is 21.4 Å². The van der Waals surface area contributed by atoms with Crippen molar-refractivity contribution in [3.8, 4) is 0 Å². The van der Waals surface area contributed by atoms with Crippen LogP contribution in [0.2, 0.25) is 15.1 Å². The van der Waals surface area contributed by atoms with E-state index in [1.807, 2.05) is 0 Å². The normalized spacial score (nSPS) is 15.1. The molecule has 1 fully saturated rings. The molecule has 0 aliphatic carbocycles. The van der Waals surface area contributed by atoms with Gasteiger partial charge in [0, 0.05) is 28.7 Å². The summed E-state index contributed by atoms with van der Waals surface area (Å²) in [5, 5.41) is 0.819. The third-order valence-corrected chi connectivity index (χ3v) is 7.35. The van der Waals surface area contributed by atoms with Gasteiger partial charge in [-0.2, -0.15) is 4.31 Å². The minimum absolute atomic E-state index is 0.0626. The van der Waals surface area contributed by atoms with Crippen LogP contribution < -0.4 is 0 Å². The molecule has 2 aromatic carbocycles. The largest absolute Gasteiger partial charge is 0.457 e. The van der Waals surface area contributed by atoms with Crippen LogP contribution in [0.4, 0.5) is 0 Å². The third kappa shape index (κ3) is 4.41. The van der Waals surface area contributed by atoms with Crippen molar-refractivity contribution in [3.63, 3.8) is 0 Å². The van der Waals surface area contributed by atoms with Gasteiger partial charge < -0.3 is 4.74 Å². The maximum absolute atomic E-state index is 12.8. The van der Waals surface area contributed by atoms with Crippen LogP contribution in [0.1, 0.15) is 28.8 Å². The number of nitrogens with zero attached hydrogens (tertiary/aromatic N) is 1. The van der Waals surface area contributed by atoms with Gasteiger partial charge in [-0.3, -0.25) is 0 Å². The van der Waals surface area contributed by atoms with E-state index in [1.165, 1.54) is 22.5 Å². The van der Waals surface area contributed by atoms with Gasteiger partial charge in [0.15, 0.2) is 0 Å². The number of carbonyl (C=O) groups is 1. The molecule has 0 N–H and O–H groups in total. The molecule has 0 amide bonds. The molecule has 0 radical (unpaired) electrons. The smallest absolute Gasteiger partial charge is 0.338 e. The lowest BCUT2D eigenvalue weighted by Crippen LogP contribution is -2.28. The molecule has 0 atom stereocenters. The topological polar surface area (TPSA) is 63.7 Å². The second kappa shape index (κ2) is 8.37. The third-order valence-electron chi connectivity index (χ3n) is 4.26. The van der Waals surface area contributed by atoms with Crippen molar-refractivity contribution in [2.24, 2.45) is 0 Å². The Hall–Kier alpha value is -1.31. The summed E-state index contributed by atoms with van der Waals surface area (Å²) < 4.78 is 32.1. The Bertz CT molecular complexity index is 952. The standard InChI is InChI=1S/C18H16Cl3NO4S/c19-14-4-3-5-15(20)13(14)11-26-18(23)12-6-7-16(21)17(10-12)27(24,25)22-8-1-2-9-22/h3-7,10H,1-2,8-9,11H2. The number of benzene rings is 2. The van der Waals surface area contributed by atoms with Crippen molar-refractivity contribution in [1.29, 1.82) is 0 Å². The molecule has 0 spiro atoms. The summed E-state index contributed by atoms with van der Waals surface area (Å²) >= 11 is 18.2. The highest BCUT2D eigenvalue weighted by Gasteiger charge is 2.30. The first kappa shape index (κ1) is 20.4. The second-order valence-electron chi connectivity index (χ2n) is 6.03. The number of sulfonamides is 1. The van der Waals surface area contributed by atoms with Crippen molar-refractivity contribution >= 4 is 50.8 Å². The minimum atomic E-state index is -3.75. The molecular formula is C18H16Cl3NO4S. The SMILES string of the molecule is O=C(OCc1c(Cl)cccc1Cl)c1ccc(Cl)c(S(=O)(=O)N2CCCC2)c1. The molecule has 1 aliphatic heterocycles. The molecule has 0 unspecified atom stereocenters. The number of esters is 1. The zero-order valence-electron chi connectivity index (χ0n) is 14.1. The van der Waals surface area contributed by atoms with Crippen LogP contribution >= 0.6 is 34.8 Å². The highest BCUT2D eigenvalue weighted by molar-refractivity contribution is 7.89. The van der Waals surface area contributed by atoms with Crippen LogP contribution in [0, 0.1) is 0 Å². The fourth-order valence-corrected chi connectivity index (χ4v) is 5.31. The van der Waals surface area contributed by atoms with Gasteiger partial charge >= 0.3 is 5.97 Å². The van der Waals surface area contributed by atoms with E-state index in [2.05, 4.69) is 0 Å². The average Bonchev–Trinajstić information content (AvgIpc) is 3.17. The average molecular weight is 449 g/mol. The zero-order chi connectivity index (χ0) is 19.6. The molecule has 2 aromatic rings. The van der Waals surface area contributed by atoms with Gasteiger partial charge in [-0.25, -0.2) is 13.2 Å². The highest BCUT2D eigenvalue weighted by Crippen LogP contribution is 2.29. The van der Waals surface area contributed by atoms with Gasteiger partial charge in [0.25, 0.3) is 0 Å². The van der Waals surface area contributed by atoms with Crippen molar-refractivity contribution in [2.75, 3.05) is 13.1 Å².